The van der Waals surface area contributed by atoms with E-state index < -0.39 is 12.0 Å². The number of nitrogens with one attached hydrogen (secondary N) is 1. The van der Waals surface area contributed by atoms with Crippen molar-refractivity contribution in [3.05, 3.63) is 83.2 Å². The van der Waals surface area contributed by atoms with Crippen LogP contribution in [0.5, 0.6) is 0 Å². The predicted octanol–water partition coefficient (Wildman–Crippen LogP) is 2.75. The molecule has 132 valence electrons. The monoisotopic (exact) mass is 357 g/mol. The number of hydrogen-bond donors (Lipinski definition) is 1. The van der Waals surface area contributed by atoms with E-state index in [9.17, 15) is 4.79 Å². The van der Waals surface area contributed by atoms with Gasteiger partial charge in [0.2, 0.25) is 5.95 Å². The highest BCUT2D eigenvalue weighted by molar-refractivity contribution is 6.02. The van der Waals surface area contributed by atoms with E-state index in [4.69, 9.17) is 10.00 Å². The SMILES string of the molecule is COC(=O)C1=C(c2ccccc2)Nc2ncnn2[C@@H]1c1ccc(C#N)cc1. The molecule has 0 fully saturated rings. The number of anilines is 1. The van der Waals surface area contributed by atoms with Gasteiger partial charge in [0, 0.05) is 0 Å². The van der Waals surface area contributed by atoms with Crippen LogP contribution in [0.4, 0.5) is 5.95 Å². The van der Waals surface area contributed by atoms with Crippen molar-refractivity contribution in [2.45, 2.75) is 6.04 Å². The number of esters is 1. The molecule has 1 atom stereocenters. The second-order valence-electron chi connectivity index (χ2n) is 5.94. The summed E-state index contributed by atoms with van der Waals surface area (Å²) in [5.41, 5.74) is 3.23. The van der Waals surface area contributed by atoms with Crippen molar-refractivity contribution in [2.24, 2.45) is 0 Å². The van der Waals surface area contributed by atoms with Crippen molar-refractivity contribution in [1.29, 1.82) is 5.26 Å². The Balaban J connectivity index is 1.96. The number of hydrogen-bond acceptors (Lipinski definition) is 6. The highest BCUT2D eigenvalue weighted by Gasteiger charge is 2.35. The summed E-state index contributed by atoms with van der Waals surface area (Å²) in [5.74, 6) is 0.0627. The summed E-state index contributed by atoms with van der Waals surface area (Å²) in [6.45, 7) is 0. The quantitative estimate of drug-likeness (QED) is 0.725. The normalized spacial score (nSPS) is 15.5. The zero-order valence-electron chi connectivity index (χ0n) is 14.5. The number of fused-ring (bicyclic) bond motifs is 1. The molecule has 3 aromatic rings. The molecule has 0 aliphatic carbocycles. The van der Waals surface area contributed by atoms with Gasteiger partial charge in [0.15, 0.2) is 0 Å². The largest absolute Gasteiger partial charge is 0.466 e. The average molecular weight is 357 g/mol. The van der Waals surface area contributed by atoms with Gasteiger partial charge < -0.3 is 10.1 Å². The van der Waals surface area contributed by atoms with E-state index in [0.717, 1.165) is 11.1 Å². The lowest BCUT2D eigenvalue weighted by atomic mass is 9.92. The summed E-state index contributed by atoms with van der Waals surface area (Å²) in [5, 5.41) is 16.5. The summed E-state index contributed by atoms with van der Waals surface area (Å²) >= 11 is 0. The third-order valence-electron chi connectivity index (χ3n) is 4.42. The Morgan fingerprint density at radius 1 is 1.19 bits per heavy atom. The number of benzene rings is 2. The second-order valence-corrected chi connectivity index (χ2v) is 5.94. The van der Waals surface area contributed by atoms with Gasteiger partial charge in [0.1, 0.15) is 12.4 Å². The molecule has 1 aliphatic rings. The molecule has 0 saturated heterocycles. The second kappa shape index (κ2) is 6.77. The van der Waals surface area contributed by atoms with E-state index >= 15 is 0 Å². The van der Waals surface area contributed by atoms with Crippen LogP contribution in [-0.4, -0.2) is 27.8 Å². The van der Waals surface area contributed by atoms with Gasteiger partial charge in [-0.15, -0.1) is 0 Å². The maximum atomic E-state index is 12.8. The summed E-state index contributed by atoms with van der Waals surface area (Å²) in [7, 11) is 1.35. The van der Waals surface area contributed by atoms with Crippen molar-refractivity contribution >= 4 is 17.6 Å². The Bertz CT molecular complexity index is 1060. The van der Waals surface area contributed by atoms with Crippen molar-refractivity contribution in [2.75, 3.05) is 12.4 Å². The van der Waals surface area contributed by atoms with Gasteiger partial charge in [-0.3, -0.25) is 0 Å². The zero-order chi connectivity index (χ0) is 18.8. The Labute approximate surface area is 155 Å². The highest BCUT2D eigenvalue weighted by Crippen LogP contribution is 2.38. The number of methoxy groups -OCH3 is 1. The van der Waals surface area contributed by atoms with Gasteiger partial charge in [0.05, 0.1) is 30.0 Å². The first-order chi connectivity index (χ1) is 13.2. The maximum Gasteiger partial charge on any atom is 0.338 e. The van der Waals surface area contributed by atoms with Crippen LogP contribution in [0.3, 0.4) is 0 Å². The summed E-state index contributed by atoms with van der Waals surface area (Å²) in [6, 6.07) is 18.1. The van der Waals surface area contributed by atoms with Gasteiger partial charge in [-0.1, -0.05) is 42.5 Å². The van der Waals surface area contributed by atoms with Crippen LogP contribution >= 0.6 is 0 Å². The fourth-order valence-electron chi connectivity index (χ4n) is 3.17. The van der Waals surface area contributed by atoms with E-state index in [0.29, 0.717) is 22.8 Å². The van der Waals surface area contributed by atoms with Crippen molar-refractivity contribution in [3.8, 4) is 6.07 Å². The molecule has 1 N–H and O–H groups in total. The van der Waals surface area contributed by atoms with Crippen LogP contribution in [0.25, 0.3) is 5.70 Å². The molecule has 2 aromatic carbocycles. The number of ether oxygens (including phenoxy) is 1. The van der Waals surface area contributed by atoms with E-state index in [2.05, 4.69) is 21.5 Å². The average Bonchev–Trinajstić information content (AvgIpc) is 3.21. The lowest BCUT2D eigenvalue weighted by Crippen LogP contribution is -2.29. The van der Waals surface area contributed by atoms with Gasteiger partial charge in [-0.25, -0.2) is 9.48 Å². The zero-order valence-corrected chi connectivity index (χ0v) is 14.5. The molecule has 1 aromatic heterocycles. The molecular formula is C20H15N5O2. The molecule has 7 heteroatoms. The minimum atomic E-state index is -0.529. The molecule has 7 nitrogen and oxygen atoms in total. The van der Waals surface area contributed by atoms with Gasteiger partial charge in [0.25, 0.3) is 0 Å². The molecule has 0 radical (unpaired) electrons. The highest BCUT2D eigenvalue weighted by atomic mass is 16.5. The Kier molecular flexibility index (Phi) is 4.15. The molecule has 0 unspecified atom stereocenters. The summed E-state index contributed by atoms with van der Waals surface area (Å²) in [6.07, 6.45) is 1.43. The van der Waals surface area contributed by atoms with Gasteiger partial charge in [-0.2, -0.15) is 15.3 Å². The Hall–Kier alpha value is -3.92. The standard InChI is InChI=1S/C20H15N5O2/c1-27-19(26)16-17(14-5-3-2-4-6-14)24-20-22-12-23-25(20)18(16)15-9-7-13(11-21)8-10-15/h2-10,12,18H,1H3,(H,22,23,24)/t18-/m1/s1. The van der Waals surface area contributed by atoms with Crippen LogP contribution in [0, 0.1) is 11.3 Å². The molecule has 1 aliphatic heterocycles. The first kappa shape index (κ1) is 16.5. The first-order valence-corrected chi connectivity index (χ1v) is 8.27. The van der Waals surface area contributed by atoms with Gasteiger partial charge >= 0.3 is 5.97 Å². The van der Waals surface area contributed by atoms with Crippen LogP contribution in [0.2, 0.25) is 0 Å². The molecule has 0 saturated carbocycles. The van der Waals surface area contributed by atoms with E-state index in [1.165, 1.54) is 13.4 Å². The molecular weight excluding hydrogens is 342 g/mol. The summed E-state index contributed by atoms with van der Waals surface area (Å²) < 4.78 is 6.72. The van der Waals surface area contributed by atoms with Crippen molar-refractivity contribution < 1.29 is 9.53 Å². The third-order valence-corrected chi connectivity index (χ3v) is 4.42. The topological polar surface area (TPSA) is 92.8 Å². The van der Waals surface area contributed by atoms with Crippen LogP contribution in [0.1, 0.15) is 22.7 Å². The van der Waals surface area contributed by atoms with Crippen LogP contribution < -0.4 is 5.32 Å². The number of aromatic nitrogens is 3. The third kappa shape index (κ3) is 2.83. The van der Waals surface area contributed by atoms with E-state index in [1.807, 2.05) is 42.5 Å². The van der Waals surface area contributed by atoms with Gasteiger partial charge in [-0.05, 0) is 23.3 Å². The maximum absolute atomic E-state index is 12.8. The molecule has 0 bridgehead atoms. The van der Waals surface area contributed by atoms with E-state index in [-0.39, 0.29) is 0 Å². The number of nitrogens with zero attached hydrogens (tertiary/aromatic N) is 4. The molecule has 0 spiro atoms. The number of carbonyl (C=O) groups excluding carboxylic acids is 1. The van der Waals surface area contributed by atoms with Crippen LogP contribution in [-0.2, 0) is 9.53 Å². The smallest absolute Gasteiger partial charge is 0.338 e. The number of nitriles is 1. The Morgan fingerprint density at radius 2 is 1.93 bits per heavy atom. The van der Waals surface area contributed by atoms with E-state index in [1.54, 1.807) is 16.8 Å². The molecule has 0 amide bonds. The minimum Gasteiger partial charge on any atom is -0.466 e. The molecule has 27 heavy (non-hydrogen) atoms. The predicted molar refractivity (Wildman–Crippen MR) is 98.3 cm³/mol. The fraction of sp³-hybridized carbons (Fsp3) is 0.100. The number of rotatable bonds is 3. The minimum absolute atomic E-state index is 0.423. The molecule has 2 heterocycles. The van der Waals surface area contributed by atoms with Crippen molar-refractivity contribution in [3.63, 3.8) is 0 Å². The fourth-order valence-corrected chi connectivity index (χ4v) is 3.17. The summed E-state index contributed by atoms with van der Waals surface area (Å²) in [4.78, 5) is 17.0. The van der Waals surface area contributed by atoms with Crippen LogP contribution in [0.15, 0.2) is 66.5 Å². The molecule has 4 rings (SSSR count). The van der Waals surface area contributed by atoms with Crippen molar-refractivity contribution in [1.82, 2.24) is 14.8 Å². The lowest BCUT2D eigenvalue weighted by Gasteiger charge is -2.29. The first-order valence-electron chi connectivity index (χ1n) is 8.27. The lowest BCUT2D eigenvalue weighted by molar-refractivity contribution is -0.136. The Morgan fingerprint density at radius 3 is 2.59 bits per heavy atom. The number of carbonyl (C=O) groups is 1.